The number of unbranched alkanes of at least 4 members (excludes halogenated alkanes) is 3. The van der Waals surface area contributed by atoms with Crippen molar-refractivity contribution in [2.45, 2.75) is 133 Å². The van der Waals surface area contributed by atoms with Gasteiger partial charge in [0.2, 0.25) is 28.3 Å². The Labute approximate surface area is 765 Å². The SMILES string of the molecule is C=C.C=C.CCCC.CCCC.CCCC.CCNOS(=O)(=O)CN1C(=Cc2sc3ccc(Br)cc3[n+]2CS(=O)(=O)[O-])Sc2ccc(Br)cc21.CCNOS(=O)(=O)CN1C(=Cc2sc3ccc(Cl)cc3[n+]2CS(=O)(=O)[O-])Sc2ccc(Cl)cc21.CCNOS(=O)(=O)C[n+]1c(C=C2Sc3ccc(Cl)cc3N2CS(=O)(=O)[O-])sc2ccc3ccccc3c21. The summed E-state index contributed by atoms with van der Waals surface area (Å²) in [6.07, 6.45) is 12.9. The molecule has 13 rings (SSSR count). The van der Waals surface area contributed by atoms with Gasteiger partial charge in [0.1, 0.15) is 30.1 Å². The summed E-state index contributed by atoms with van der Waals surface area (Å²) in [6.45, 7) is 31.1. The van der Waals surface area contributed by atoms with Gasteiger partial charge >= 0.3 is 30.4 Å². The van der Waals surface area contributed by atoms with Crippen molar-refractivity contribution in [1.29, 1.82) is 0 Å². The van der Waals surface area contributed by atoms with Crippen LogP contribution in [0.1, 0.15) is 116 Å². The Kier molecular flexibility index (Phi) is 42.0. The zero-order chi connectivity index (χ0) is 90.0. The monoisotopic (exact) mass is 2080 g/mol. The molecule has 0 atom stereocenters. The molecule has 0 radical (unpaired) electrons. The molecule has 44 heteroatoms. The summed E-state index contributed by atoms with van der Waals surface area (Å²) in [4.78, 5) is 6.76. The number of thioether (sulfide) groups is 3. The number of thiazole rings is 3. The summed E-state index contributed by atoms with van der Waals surface area (Å²) in [5.74, 6) is -3.85. The zero-order valence-electron chi connectivity index (χ0n) is 67.1. The molecule has 0 fully saturated rings. The number of hydrogen-bond donors (Lipinski definition) is 3. The Hall–Kier alpha value is -5.21. The van der Waals surface area contributed by atoms with Crippen LogP contribution >= 0.6 is 136 Å². The highest BCUT2D eigenvalue weighted by molar-refractivity contribution is 9.10. The van der Waals surface area contributed by atoms with Gasteiger partial charge in [0, 0.05) is 70.5 Å². The van der Waals surface area contributed by atoms with Crippen LogP contribution in [-0.2, 0) is 91.2 Å². The fraction of sp³-hybridized carbons (Fsp3) is 0.312. The Bertz CT molecular complexity index is 5850. The van der Waals surface area contributed by atoms with E-state index in [1.807, 2.05) is 60.7 Å². The van der Waals surface area contributed by atoms with E-state index in [1.165, 1.54) is 127 Å². The number of anilines is 3. The van der Waals surface area contributed by atoms with Crippen molar-refractivity contribution in [3.8, 4) is 0 Å². The van der Waals surface area contributed by atoms with Crippen molar-refractivity contribution in [2.24, 2.45) is 0 Å². The van der Waals surface area contributed by atoms with Crippen LogP contribution in [-0.4, -0.2) is 101 Å². The van der Waals surface area contributed by atoms with Gasteiger partial charge < -0.3 is 28.4 Å². The molecule has 3 aromatic heterocycles. The van der Waals surface area contributed by atoms with Gasteiger partial charge in [-0.05, 0) is 96.4 Å². The third-order valence-corrected chi connectivity index (χ3v) is 28.9. The average Bonchev–Trinajstić information content (AvgIpc) is 1.54. The Morgan fingerprint density at radius 1 is 0.405 bits per heavy atom. The number of halogens is 5. The second-order valence-electron chi connectivity index (χ2n) is 25.2. The minimum absolute atomic E-state index is 0.285. The highest BCUT2D eigenvalue weighted by Gasteiger charge is 2.37. The number of rotatable bonds is 27. The molecule has 0 saturated carbocycles. The summed E-state index contributed by atoms with van der Waals surface area (Å²) in [6, 6.07) is 37.4. The molecule has 27 nitrogen and oxygen atoms in total. The first-order valence-corrected chi connectivity index (χ1v) is 54.0. The molecule has 10 aromatic rings. The van der Waals surface area contributed by atoms with E-state index >= 15 is 0 Å². The average molecular weight is 2080 g/mol. The summed E-state index contributed by atoms with van der Waals surface area (Å²) >= 11 is 33.0. The number of benzene rings is 7. The third kappa shape index (κ3) is 31.4. The van der Waals surface area contributed by atoms with Gasteiger partial charge in [0.25, 0.3) is 20.9 Å². The van der Waals surface area contributed by atoms with Gasteiger partial charge in [0.15, 0.2) is 32.0 Å². The molecule has 3 N–H and O–H groups in total. The molecular formula is C77H92Br2Cl3N9O18S12. The van der Waals surface area contributed by atoms with Crippen LogP contribution in [0.25, 0.3) is 59.7 Å². The van der Waals surface area contributed by atoms with Crippen LogP contribution in [0.5, 0.6) is 0 Å². The lowest BCUT2D eigenvalue weighted by Crippen LogP contribution is -2.41. The molecule has 660 valence electrons. The first-order valence-electron chi connectivity index (χ1n) is 36.9. The molecule has 0 unspecified atom stereocenters. The fourth-order valence-electron chi connectivity index (χ4n) is 10.5. The van der Waals surface area contributed by atoms with Crippen molar-refractivity contribution in [3.63, 3.8) is 0 Å². The number of nitrogens with zero attached hydrogens (tertiary/aromatic N) is 6. The second kappa shape index (κ2) is 48.6. The Balaban J connectivity index is 0.000000258. The number of fused-ring (bicyclic) bond motifs is 8. The normalized spacial score (nSPS) is 14.1. The standard InChI is InChI=1S/C23H20ClN3O6S4.C19H17Br2N3O6S4.C19H17Cl2N3O6S4.3C4H10.2C2H4/c1-2-25-33-37(31,32)14-27-22(35-20-9-7-15-5-3-4-6-17(15)23(20)27)12-21-26(13-36(28,29)30)18-11-16(24)8-10-19(18)34-21;2*1-2-22-30-34(28,29)11-24-15-8-13(21)4-6-17(15)32-19(24)9-18-23(10-33(25,26)27)14-7-12(20)3-5-16(14)31-18;3*1-3-4-2;2*1-2/h3-12,25H,2,13-14H2,1H3;2*3-9,22H,2,10-11H2,1H3;3*3-4H2,1-2H3;2*1-2H2. The molecule has 3 aliphatic heterocycles. The summed E-state index contributed by atoms with van der Waals surface area (Å²) < 4.78 is 204. The van der Waals surface area contributed by atoms with Crippen LogP contribution < -0.4 is 44.8 Å². The van der Waals surface area contributed by atoms with Gasteiger partial charge in [-0.15, -0.1) is 26.3 Å². The quantitative estimate of drug-likeness (QED) is 0.0186. The first-order chi connectivity index (χ1) is 57.2. The van der Waals surface area contributed by atoms with E-state index in [4.69, 9.17) is 47.7 Å². The predicted molar refractivity (Wildman–Crippen MR) is 501 cm³/mol. The van der Waals surface area contributed by atoms with Crippen LogP contribution in [0.15, 0.2) is 192 Å². The number of hydroxylamine groups is 3. The van der Waals surface area contributed by atoms with Gasteiger partial charge in [-0.3, -0.25) is 0 Å². The van der Waals surface area contributed by atoms with E-state index in [9.17, 15) is 64.2 Å². The van der Waals surface area contributed by atoms with Crippen LogP contribution in [0.2, 0.25) is 15.1 Å². The lowest BCUT2D eigenvalue weighted by Gasteiger charge is -2.21. The van der Waals surface area contributed by atoms with E-state index in [1.54, 1.807) is 115 Å². The summed E-state index contributed by atoms with van der Waals surface area (Å²) in [7, 11) is -25.9. The predicted octanol–water partition coefficient (Wildman–Crippen LogP) is 19.0. The minimum atomic E-state index is -4.64. The molecule has 121 heavy (non-hydrogen) atoms. The molecular weight excluding hydrogens is 1990 g/mol. The lowest BCUT2D eigenvalue weighted by molar-refractivity contribution is -0.649. The fourth-order valence-corrected chi connectivity index (χ4v) is 23.5. The maximum atomic E-state index is 12.8. The van der Waals surface area contributed by atoms with Gasteiger partial charge in [-0.25, -0.2) is 25.3 Å². The highest BCUT2D eigenvalue weighted by Crippen LogP contribution is 2.51. The number of hydrogen-bond acceptors (Lipinski definition) is 30. The Morgan fingerprint density at radius 3 is 1.18 bits per heavy atom. The molecule has 0 aliphatic carbocycles. The van der Waals surface area contributed by atoms with Crippen molar-refractivity contribution < 1.29 is 90.7 Å². The molecule has 0 spiro atoms. The topological polar surface area (TPSA) is 359 Å². The van der Waals surface area contributed by atoms with Crippen molar-refractivity contribution >= 4 is 273 Å². The number of aromatic nitrogens is 3. The van der Waals surface area contributed by atoms with Gasteiger partial charge in [-0.1, -0.05) is 261 Å². The van der Waals surface area contributed by atoms with E-state index in [0.29, 0.717) is 96.6 Å². The highest BCUT2D eigenvalue weighted by atomic mass is 79.9. The van der Waals surface area contributed by atoms with E-state index in [2.05, 4.69) is 116 Å². The summed E-state index contributed by atoms with van der Waals surface area (Å²) in [5, 5.41) is 5.89. The van der Waals surface area contributed by atoms with Crippen molar-refractivity contribution in [3.05, 3.63) is 208 Å². The van der Waals surface area contributed by atoms with Gasteiger partial charge in [0.05, 0.1) is 55.8 Å². The smallest absolute Gasteiger partial charge is 0.345 e. The first kappa shape index (κ1) is 105. The maximum absolute atomic E-state index is 12.8. The molecule has 6 heterocycles. The van der Waals surface area contributed by atoms with Crippen LogP contribution in [0.4, 0.5) is 17.1 Å². The zero-order valence-corrected chi connectivity index (χ0v) is 82.3. The third-order valence-electron chi connectivity index (χ3n) is 16.0. The molecule has 0 bridgehead atoms. The van der Waals surface area contributed by atoms with Gasteiger partial charge in [-0.2, -0.15) is 68.2 Å². The maximum Gasteiger partial charge on any atom is 0.345 e. The van der Waals surface area contributed by atoms with Crippen molar-refractivity contribution in [2.75, 3.05) is 52.0 Å². The number of nitrogens with one attached hydrogen (secondary N) is 3. The van der Waals surface area contributed by atoms with Crippen LogP contribution in [0, 0.1) is 0 Å². The molecule has 7 aromatic carbocycles. The molecule has 3 aliphatic rings. The lowest BCUT2D eigenvalue weighted by atomic mass is 10.1. The second-order valence-corrected chi connectivity index (χ2v) is 43.5. The largest absolute Gasteiger partial charge is 0.747 e. The van der Waals surface area contributed by atoms with E-state index in [0.717, 1.165) is 43.8 Å². The Morgan fingerprint density at radius 2 is 0.752 bits per heavy atom. The molecule has 0 saturated heterocycles. The van der Waals surface area contributed by atoms with Crippen LogP contribution in [0.3, 0.4) is 0 Å². The summed E-state index contributed by atoms with van der Waals surface area (Å²) in [5.41, 5.74) is 10.5. The van der Waals surface area contributed by atoms with E-state index < -0.39 is 96.0 Å². The minimum Gasteiger partial charge on any atom is -0.747 e. The van der Waals surface area contributed by atoms with E-state index in [-0.39, 0.29) is 6.54 Å². The molecule has 0 amide bonds. The van der Waals surface area contributed by atoms with Crippen molar-refractivity contribution in [1.82, 2.24) is 16.4 Å².